The van der Waals surface area contributed by atoms with Crippen LogP contribution in [0.1, 0.15) is 35.5 Å². The molecule has 0 radical (unpaired) electrons. The van der Waals surface area contributed by atoms with Gasteiger partial charge in [-0.3, -0.25) is 4.90 Å². The lowest BCUT2D eigenvalue weighted by molar-refractivity contribution is 0.218. The summed E-state index contributed by atoms with van der Waals surface area (Å²) in [6, 6.07) is 11.7. The van der Waals surface area contributed by atoms with E-state index in [0.717, 1.165) is 29.0 Å². The van der Waals surface area contributed by atoms with Gasteiger partial charge in [-0.1, -0.05) is 29.8 Å². The van der Waals surface area contributed by atoms with Gasteiger partial charge in [0, 0.05) is 17.1 Å². The van der Waals surface area contributed by atoms with Gasteiger partial charge in [0.1, 0.15) is 5.75 Å². The van der Waals surface area contributed by atoms with Crippen molar-refractivity contribution in [3.8, 4) is 17.2 Å². The normalized spacial score (nSPS) is 12.4. The lowest BCUT2D eigenvalue weighted by Crippen LogP contribution is -2.22. The van der Waals surface area contributed by atoms with Gasteiger partial charge in [0.15, 0.2) is 0 Å². The van der Waals surface area contributed by atoms with Crippen LogP contribution >= 0.6 is 11.6 Å². The molecule has 0 aliphatic carbocycles. The van der Waals surface area contributed by atoms with E-state index in [-0.39, 0.29) is 6.04 Å². The molecule has 0 bridgehead atoms. The zero-order valence-electron chi connectivity index (χ0n) is 16.3. The monoisotopic (exact) mass is 385 g/mol. The Kier molecular flexibility index (Phi) is 5.82. The molecule has 0 aliphatic rings. The second-order valence-corrected chi connectivity index (χ2v) is 7.25. The molecule has 0 saturated carbocycles. The van der Waals surface area contributed by atoms with Gasteiger partial charge in [-0.2, -0.15) is 0 Å². The van der Waals surface area contributed by atoms with E-state index in [0.29, 0.717) is 16.8 Å². The van der Waals surface area contributed by atoms with E-state index in [1.807, 2.05) is 31.3 Å². The fraction of sp³-hybridized carbons (Fsp3) is 0.333. The fourth-order valence-corrected chi connectivity index (χ4v) is 3.40. The van der Waals surface area contributed by atoms with E-state index in [2.05, 4.69) is 48.0 Å². The van der Waals surface area contributed by atoms with Gasteiger partial charge >= 0.3 is 0 Å². The van der Waals surface area contributed by atoms with Gasteiger partial charge < -0.3 is 9.15 Å². The van der Waals surface area contributed by atoms with Crippen molar-refractivity contribution in [1.82, 2.24) is 15.1 Å². The third-order valence-corrected chi connectivity index (χ3v) is 4.92. The summed E-state index contributed by atoms with van der Waals surface area (Å²) in [6.07, 6.45) is 0. The zero-order chi connectivity index (χ0) is 19.6. The minimum atomic E-state index is -0.0202. The van der Waals surface area contributed by atoms with Crippen LogP contribution in [0.3, 0.4) is 0 Å². The molecular formula is C21H24ClN3O2. The standard InChI is InChI=1S/C21H24ClN3O2/c1-13-9-16(10-14(2)19(13)26-5)12-25(4)15(3)20-23-24-21(27-20)17-7-6-8-18(22)11-17/h6-11,15H,12H2,1-5H3. The average Bonchev–Trinajstić information content (AvgIpc) is 3.11. The zero-order valence-corrected chi connectivity index (χ0v) is 17.0. The number of aromatic nitrogens is 2. The van der Waals surface area contributed by atoms with Crippen LogP contribution in [0.5, 0.6) is 5.75 Å². The number of methoxy groups -OCH3 is 1. The highest BCUT2D eigenvalue weighted by molar-refractivity contribution is 6.30. The third kappa shape index (κ3) is 4.31. The number of benzene rings is 2. The molecule has 5 nitrogen and oxygen atoms in total. The Morgan fingerprint density at radius 1 is 1.15 bits per heavy atom. The summed E-state index contributed by atoms with van der Waals surface area (Å²) < 4.78 is 11.3. The summed E-state index contributed by atoms with van der Waals surface area (Å²) in [5, 5.41) is 9.04. The average molecular weight is 386 g/mol. The predicted octanol–water partition coefficient (Wildman–Crippen LogP) is 5.21. The molecule has 3 aromatic rings. The summed E-state index contributed by atoms with van der Waals surface area (Å²) in [6.45, 7) is 6.95. The van der Waals surface area contributed by atoms with Gasteiger partial charge in [-0.15, -0.1) is 10.2 Å². The first-order valence-corrected chi connectivity index (χ1v) is 9.20. The molecule has 142 valence electrons. The van der Waals surface area contributed by atoms with Crippen molar-refractivity contribution in [3.05, 3.63) is 64.0 Å². The topological polar surface area (TPSA) is 51.4 Å². The molecule has 0 N–H and O–H groups in total. The molecule has 1 aromatic heterocycles. The molecule has 3 rings (SSSR count). The lowest BCUT2D eigenvalue weighted by Gasteiger charge is -2.22. The van der Waals surface area contributed by atoms with E-state index in [1.165, 1.54) is 5.56 Å². The van der Waals surface area contributed by atoms with Crippen LogP contribution in [0.4, 0.5) is 0 Å². The molecule has 6 heteroatoms. The van der Waals surface area contributed by atoms with Crippen LogP contribution in [0.15, 0.2) is 40.8 Å². The molecule has 27 heavy (non-hydrogen) atoms. The van der Waals surface area contributed by atoms with Gasteiger partial charge in [-0.25, -0.2) is 0 Å². The highest BCUT2D eigenvalue weighted by Gasteiger charge is 2.20. The first-order chi connectivity index (χ1) is 12.9. The number of nitrogens with zero attached hydrogens (tertiary/aromatic N) is 3. The second-order valence-electron chi connectivity index (χ2n) is 6.81. The molecule has 0 spiro atoms. The van der Waals surface area contributed by atoms with Crippen LogP contribution < -0.4 is 4.74 Å². The second kappa shape index (κ2) is 8.11. The van der Waals surface area contributed by atoms with Crippen molar-refractivity contribution in [3.63, 3.8) is 0 Å². The molecule has 0 aliphatic heterocycles. The van der Waals surface area contributed by atoms with Crippen molar-refractivity contribution in [1.29, 1.82) is 0 Å². The highest BCUT2D eigenvalue weighted by atomic mass is 35.5. The molecule has 1 heterocycles. The Labute approximate surface area is 164 Å². The molecule has 0 fully saturated rings. The van der Waals surface area contributed by atoms with Gasteiger partial charge in [0.05, 0.1) is 13.2 Å². The van der Waals surface area contributed by atoms with Crippen molar-refractivity contribution < 1.29 is 9.15 Å². The van der Waals surface area contributed by atoms with Crippen LogP contribution in [0.25, 0.3) is 11.5 Å². The lowest BCUT2D eigenvalue weighted by atomic mass is 10.0. The van der Waals surface area contributed by atoms with Gasteiger partial charge in [-0.05, 0) is 62.7 Å². The van der Waals surface area contributed by atoms with Gasteiger partial charge in [0.2, 0.25) is 11.8 Å². The first-order valence-electron chi connectivity index (χ1n) is 8.82. The fourth-order valence-electron chi connectivity index (χ4n) is 3.21. The number of hydrogen-bond acceptors (Lipinski definition) is 5. The summed E-state index contributed by atoms with van der Waals surface area (Å²) in [5.41, 5.74) is 4.30. The maximum atomic E-state index is 6.04. The molecule has 0 saturated heterocycles. The summed E-state index contributed by atoms with van der Waals surface area (Å²) in [7, 11) is 3.75. The highest BCUT2D eigenvalue weighted by Crippen LogP contribution is 2.28. The van der Waals surface area contributed by atoms with Crippen LogP contribution in [0, 0.1) is 13.8 Å². The Morgan fingerprint density at radius 2 is 1.85 bits per heavy atom. The quantitative estimate of drug-likeness (QED) is 0.583. The summed E-state index contributed by atoms with van der Waals surface area (Å²) in [4.78, 5) is 2.18. The van der Waals surface area contributed by atoms with Crippen molar-refractivity contribution in [2.75, 3.05) is 14.2 Å². The van der Waals surface area contributed by atoms with Crippen molar-refractivity contribution in [2.24, 2.45) is 0 Å². The third-order valence-electron chi connectivity index (χ3n) is 4.69. The smallest absolute Gasteiger partial charge is 0.247 e. The van der Waals surface area contributed by atoms with Crippen LogP contribution in [-0.4, -0.2) is 29.3 Å². The summed E-state index contributed by atoms with van der Waals surface area (Å²) in [5.74, 6) is 2.00. The minimum absolute atomic E-state index is 0.0202. The van der Waals surface area contributed by atoms with Crippen molar-refractivity contribution >= 4 is 11.6 Å². The molecule has 0 amide bonds. The molecule has 1 unspecified atom stereocenters. The number of ether oxygens (including phenoxy) is 1. The Bertz CT molecular complexity index is 916. The first kappa shape index (κ1) is 19.4. The van der Waals surface area contributed by atoms with Crippen molar-refractivity contribution in [2.45, 2.75) is 33.4 Å². The largest absolute Gasteiger partial charge is 0.496 e. The number of hydrogen-bond donors (Lipinski definition) is 0. The van der Waals surface area contributed by atoms with E-state index in [4.69, 9.17) is 20.8 Å². The molecular weight excluding hydrogens is 362 g/mol. The Morgan fingerprint density at radius 3 is 2.48 bits per heavy atom. The summed E-state index contributed by atoms with van der Waals surface area (Å²) >= 11 is 6.04. The van der Waals surface area contributed by atoms with Crippen LogP contribution in [0.2, 0.25) is 5.02 Å². The number of rotatable bonds is 6. The predicted molar refractivity (Wildman–Crippen MR) is 107 cm³/mol. The van der Waals surface area contributed by atoms with E-state index in [9.17, 15) is 0 Å². The minimum Gasteiger partial charge on any atom is -0.496 e. The number of aryl methyl sites for hydroxylation is 2. The molecule has 2 aromatic carbocycles. The van der Waals surface area contributed by atoms with E-state index >= 15 is 0 Å². The SMILES string of the molecule is COc1c(C)cc(CN(C)C(C)c2nnc(-c3cccc(Cl)c3)o2)cc1C. The van der Waals surface area contributed by atoms with Crippen LogP contribution in [-0.2, 0) is 6.54 Å². The maximum absolute atomic E-state index is 6.04. The number of halogens is 1. The molecule has 1 atom stereocenters. The Balaban J connectivity index is 1.75. The maximum Gasteiger partial charge on any atom is 0.247 e. The Hall–Kier alpha value is -2.37. The van der Waals surface area contributed by atoms with E-state index in [1.54, 1.807) is 7.11 Å². The van der Waals surface area contributed by atoms with E-state index < -0.39 is 0 Å². The van der Waals surface area contributed by atoms with Gasteiger partial charge in [0.25, 0.3) is 0 Å².